The third kappa shape index (κ3) is 5.43. The largest absolute Gasteiger partial charge is 0.451 e. The minimum absolute atomic E-state index is 0.0125. The fourth-order valence-corrected chi connectivity index (χ4v) is 3.83. The number of hydrogen-bond acceptors (Lipinski definition) is 7. The summed E-state index contributed by atoms with van der Waals surface area (Å²) in [4.78, 5) is 40.1. The molecule has 1 aliphatic rings. The lowest BCUT2D eigenvalue weighted by molar-refractivity contribution is -0.119. The number of nitrogens with one attached hydrogen (secondary N) is 1. The Morgan fingerprint density at radius 1 is 1.06 bits per heavy atom. The highest BCUT2D eigenvalue weighted by atomic mass is 16.5. The monoisotopic (exact) mass is 464 g/mol. The average molecular weight is 465 g/mol. The van der Waals surface area contributed by atoms with Crippen LogP contribution in [-0.4, -0.2) is 54.6 Å². The first-order valence-electron chi connectivity index (χ1n) is 11.3. The molecule has 1 saturated heterocycles. The van der Waals surface area contributed by atoms with Crippen molar-refractivity contribution in [3.8, 4) is 0 Å². The van der Waals surface area contributed by atoms with E-state index in [0.717, 1.165) is 18.8 Å². The van der Waals surface area contributed by atoms with E-state index < -0.39 is 18.5 Å². The van der Waals surface area contributed by atoms with Crippen molar-refractivity contribution in [3.63, 3.8) is 0 Å². The zero-order valence-electron chi connectivity index (χ0n) is 19.3. The number of ether oxygens (including phenoxy) is 2. The van der Waals surface area contributed by atoms with Crippen LogP contribution in [0, 0.1) is 5.92 Å². The molecule has 2 heterocycles. The minimum Gasteiger partial charge on any atom is -0.451 e. The van der Waals surface area contributed by atoms with Crippen LogP contribution in [-0.2, 0) is 20.8 Å². The second kappa shape index (κ2) is 10.5. The molecule has 0 spiro atoms. The highest BCUT2D eigenvalue weighted by molar-refractivity contribution is 6.03. The van der Waals surface area contributed by atoms with Crippen molar-refractivity contribution in [2.24, 2.45) is 5.92 Å². The highest BCUT2D eigenvalue weighted by Gasteiger charge is 2.19. The van der Waals surface area contributed by atoms with Crippen molar-refractivity contribution in [1.82, 2.24) is 9.78 Å². The van der Waals surface area contributed by atoms with Crippen LogP contribution in [0.5, 0.6) is 0 Å². The van der Waals surface area contributed by atoms with E-state index in [1.165, 1.54) is 4.68 Å². The number of esters is 1. The molecular formula is C25H28N4O5. The van der Waals surface area contributed by atoms with Crippen molar-refractivity contribution in [2.75, 3.05) is 43.1 Å². The third-order valence-corrected chi connectivity index (χ3v) is 5.46. The number of carbonyl (C=O) groups excluding carboxylic acids is 2. The number of aromatic nitrogens is 2. The molecule has 1 fully saturated rings. The van der Waals surface area contributed by atoms with Crippen LogP contribution in [0.25, 0.3) is 10.8 Å². The maximum atomic E-state index is 12.8. The molecule has 1 amide bonds. The average Bonchev–Trinajstić information content (AvgIpc) is 2.85. The number of benzene rings is 2. The maximum absolute atomic E-state index is 12.8. The summed E-state index contributed by atoms with van der Waals surface area (Å²) >= 11 is 0. The Morgan fingerprint density at radius 2 is 1.74 bits per heavy atom. The summed E-state index contributed by atoms with van der Waals surface area (Å²) in [5, 5.41) is 7.75. The first kappa shape index (κ1) is 23.4. The topological polar surface area (TPSA) is 103 Å². The van der Waals surface area contributed by atoms with Gasteiger partial charge in [-0.3, -0.25) is 9.59 Å². The first-order valence-corrected chi connectivity index (χ1v) is 11.3. The maximum Gasteiger partial charge on any atom is 0.359 e. The Bertz CT molecular complexity index is 1230. The second-order valence-corrected chi connectivity index (χ2v) is 8.55. The van der Waals surface area contributed by atoms with Crippen molar-refractivity contribution < 1.29 is 19.1 Å². The van der Waals surface area contributed by atoms with Gasteiger partial charge in [-0.2, -0.15) is 5.10 Å². The normalized spacial score (nSPS) is 13.8. The Balaban J connectivity index is 1.42. The van der Waals surface area contributed by atoms with Gasteiger partial charge in [0.15, 0.2) is 12.3 Å². The van der Waals surface area contributed by atoms with Crippen LogP contribution in [0.4, 0.5) is 11.4 Å². The van der Waals surface area contributed by atoms with Gasteiger partial charge in [-0.15, -0.1) is 0 Å². The Morgan fingerprint density at radius 3 is 2.41 bits per heavy atom. The van der Waals surface area contributed by atoms with E-state index in [2.05, 4.69) is 15.3 Å². The van der Waals surface area contributed by atoms with E-state index in [4.69, 9.17) is 9.47 Å². The molecule has 2 aromatic carbocycles. The minimum atomic E-state index is -0.758. The number of hydrogen-bond donors (Lipinski definition) is 1. The number of carbonyl (C=O) groups is 2. The molecule has 3 aromatic rings. The van der Waals surface area contributed by atoms with Gasteiger partial charge in [0.05, 0.1) is 18.6 Å². The zero-order chi connectivity index (χ0) is 24.1. The summed E-state index contributed by atoms with van der Waals surface area (Å²) in [5.41, 5.74) is 1.41. The predicted molar refractivity (Wildman–Crippen MR) is 129 cm³/mol. The van der Waals surface area contributed by atoms with E-state index in [1.807, 2.05) is 26.0 Å². The molecule has 1 aromatic heterocycles. The summed E-state index contributed by atoms with van der Waals surface area (Å²) < 4.78 is 11.9. The van der Waals surface area contributed by atoms with Crippen LogP contribution in [0.2, 0.25) is 0 Å². The van der Waals surface area contributed by atoms with Crippen LogP contribution < -0.4 is 15.8 Å². The Labute approximate surface area is 197 Å². The lowest BCUT2D eigenvalue weighted by Gasteiger charge is -2.28. The highest BCUT2D eigenvalue weighted by Crippen LogP contribution is 2.19. The molecule has 9 nitrogen and oxygen atoms in total. The molecular weight excluding hydrogens is 436 g/mol. The number of morpholine rings is 1. The fraction of sp³-hybridized carbons (Fsp3) is 0.360. The number of fused-ring (bicyclic) bond motifs is 1. The van der Waals surface area contributed by atoms with Gasteiger partial charge in [-0.1, -0.05) is 32.0 Å². The summed E-state index contributed by atoms with van der Waals surface area (Å²) in [6.07, 6.45) is 0. The lowest BCUT2D eigenvalue weighted by Crippen LogP contribution is -2.36. The van der Waals surface area contributed by atoms with Crippen molar-refractivity contribution in [1.29, 1.82) is 0 Å². The van der Waals surface area contributed by atoms with Crippen molar-refractivity contribution in [3.05, 3.63) is 64.6 Å². The van der Waals surface area contributed by atoms with Gasteiger partial charge < -0.3 is 19.7 Å². The lowest BCUT2D eigenvalue weighted by atomic mass is 10.1. The number of anilines is 2. The van der Waals surface area contributed by atoms with E-state index in [1.54, 1.807) is 36.4 Å². The number of amides is 1. The molecule has 1 aliphatic heterocycles. The van der Waals surface area contributed by atoms with Crippen LogP contribution in [0.15, 0.2) is 53.3 Å². The van der Waals surface area contributed by atoms with Gasteiger partial charge in [-0.25, -0.2) is 9.48 Å². The summed E-state index contributed by atoms with van der Waals surface area (Å²) in [5.74, 6) is -1.06. The number of nitrogens with zero attached hydrogens (tertiary/aromatic N) is 3. The molecule has 178 valence electrons. The van der Waals surface area contributed by atoms with Gasteiger partial charge >= 0.3 is 5.97 Å². The van der Waals surface area contributed by atoms with Crippen LogP contribution >= 0.6 is 0 Å². The van der Waals surface area contributed by atoms with E-state index in [9.17, 15) is 14.4 Å². The molecule has 0 radical (unpaired) electrons. The Kier molecular flexibility index (Phi) is 7.22. The first-order chi connectivity index (χ1) is 16.4. The molecule has 34 heavy (non-hydrogen) atoms. The predicted octanol–water partition coefficient (Wildman–Crippen LogP) is 2.68. The quantitative estimate of drug-likeness (QED) is 0.536. The molecule has 9 heteroatoms. The van der Waals surface area contributed by atoms with Crippen LogP contribution in [0.3, 0.4) is 0 Å². The SMILES string of the molecule is CC(C)Cn1nc(C(=O)OCC(=O)Nc2ccc(N3CCOCC3)cc2)c2ccccc2c1=O. The van der Waals surface area contributed by atoms with E-state index in [-0.39, 0.29) is 17.2 Å². The smallest absolute Gasteiger partial charge is 0.359 e. The fourth-order valence-electron chi connectivity index (χ4n) is 3.83. The molecule has 0 unspecified atom stereocenters. The zero-order valence-corrected chi connectivity index (χ0v) is 19.3. The molecule has 0 aliphatic carbocycles. The number of rotatable bonds is 7. The van der Waals surface area contributed by atoms with Crippen molar-refractivity contribution >= 4 is 34.0 Å². The van der Waals surface area contributed by atoms with E-state index >= 15 is 0 Å². The van der Waals surface area contributed by atoms with Crippen LogP contribution in [0.1, 0.15) is 24.3 Å². The van der Waals surface area contributed by atoms with Gasteiger partial charge in [0.2, 0.25) is 0 Å². The third-order valence-electron chi connectivity index (χ3n) is 5.46. The molecule has 1 N–H and O–H groups in total. The molecule has 0 atom stereocenters. The summed E-state index contributed by atoms with van der Waals surface area (Å²) in [6.45, 7) is 6.86. The Hall–Kier alpha value is -3.72. The standard InChI is InChI=1S/C25H28N4O5/c1-17(2)15-29-24(31)21-6-4-3-5-20(21)23(27-29)25(32)34-16-22(30)26-18-7-9-19(10-8-18)28-11-13-33-14-12-28/h3-10,17H,11-16H2,1-2H3,(H,26,30). The summed E-state index contributed by atoms with van der Waals surface area (Å²) in [6, 6.07) is 14.2. The van der Waals surface area contributed by atoms with E-state index in [0.29, 0.717) is 36.2 Å². The molecule has 4 rings (SSSR count). The van der Waals surface area contributed by atoms with Gasteiger partial charge in [0.25, 0.3) is 11.5 Å². The second-order valence-electron chi connectivity index (χ2n) is 8.55. The van der Waals surface area contributed by atoms with Gasteiger partial charge in [0, 0.05) is 36.4 Å². The van der Waals surface area contributed by atoms with Gasteiger partial charge in [0.1, 0.15) is 0 Å². The molecule has 0 bridgehead atoms. The van der Waals surface area contributed by atoms with Gasteiger partial charge in [-0.05, 0) is 36.2 Å². The van der Waals surface area contributed by atoms with Crippen molar-refractivity contribution in [2.45, 2.75) is 20.4 Å². The molecule has 0 saturated carbocycles. The summed E-state index contributed by atoms with van der Waals surface area (Å²) in [7, 11) is 0.